The van der Waals surface area contributed by atoms with Gasteiger partial charge in [-0.2, -0.15) is 0 Å². The largest absolute Gasteiger partial charge is 0.363 e. The monoisotopic (exact) mass is 298 g/mol. The first kappa shape index (κ1) is 13.5. The Kier molecular flexibility index (Phi) is 3.67. The number of benzene rings is 1. The summed E-state index contributed by atoms with van der Waals surface area (Å²) in [6.45, 7) is 2.04. The van der Waals surface area contributed by atoms with E-state index in [0.717, 1.165) is 34.1 Å². The third-order valence-corrected chi connectivity index (χ3v) is 5.31. The summed E-state index contributed by atoms with van der Waals surface area (Å²) in [5.41, 5.74) is 8.30. The molecule has 2 aliphatic heterocycles. The van der Waals surface area contributed by atoms with E-state index >= 15 is 0 Å². The van der Waals surface area contributed by atoms with Crippen LogP contribution in [0.5, 0.6) is 0 Å². The van der Waals surface area contributed by atoms with E-state index in [2.05, 4.69) is 4.90 Å². The molecular weight excluding hydrogens is 279 g/mol. The van der Waals surface area contributed by atoms with Crippen molar-refractivity contribution in [2.24, 2.45) is 5.73 Å². The Morgan fingerprint density at radius 1 is 1.16 bits per heavy atom. The van der Waals surface area contributed by atoms with E-state index < -0.39 is 0 Å². The molecule has 0 aromatic heterocycles. The van der Waals surface area contributed by atoms with Gasteiger partial charge in [0.25, 0.3) is 0 Å². The SMILES string of the molecule is Cc1ccc(Cl)c(N2C3CCCC2CC(N)C3)c1Cl. The van der Waals surface area contributed by atoms with Gasteiger partial charge in [-0.15, -0.1) is 0 Å². The van der Waals surface area contributed by atoms with Crippen molar-refractivity contribution < 1.29 is 0 Å². The quantitative estimate of drug-likeness (QED) is 0.844. The lowest BCUT2D eigenvalue weighted by Gasteiger charge is -2.50. The summed E-state index contributed by atoms with van der Waals surface area (Å²) < 4.78 is 0. The molecule has 104 valence electrons. The number of halogens is 2. The van der Waals surface area contributed by atoms with E-state index in [1.54, 1.807) is 0 Å². The van der Waals surface area contributed by atoms with Gasteiger partial charge < -0.3 is 10.6 Å². The molecule has 0 amide bonds. The number of piperidine rings is 2. The number of hydrogen-bond donors (Lipinski definition) is 1. The predicted octanol–water partition coefficient (Wildman–Crippen LogP) is 4.15. The molecule has 2 saturated heterocycles. The van der Waals surface area contributed by atoms with Crippen molar-refractivity contribution in [3.8, 4) is 0 Å². The molecule has 2 fully saturated rings. The fourth-order valence-electron chi connectivity index (χ4n) is 3.67. The van der Waals surface area contributed by atoms with Crippen molar-refractivity contribution in [2.75, 3.05) is 4.90 Å². The standard InChI is InChI=1S/C15H20Cl2N2/c1-9-5-6-13(16)15(14(9)17)19-11-3-2-4-12(19)8-10(18)7-11/h5-6,10-12H,2-4,7-8,18H2,1H3. The number of aryl methyl sites for hydroxylation is 1. The third-order valence-electron chi connectivity index (χ3n) is 4.53. The smallest absolute Gasteiger partial charge is 0.0752 e. The van der Waals surface area contributed by atoms with Crippen LogP contribution in [0.2, 0.25) is 10.0 Å². The summed E-state index contributed by atoms with van der Waals surface area (Å²) in [6, 6.07) is 5.27. The first-order valence-electron chi connectivity index (χ1n) is 7.06. The molecule has 0 spiro atoms. The van der Waals surface area contributed by atoms with Crippen LogP contribution < -0.4 is 10.6 Å². The minimum atomic E-state index is 0.328. The second kappa shape index (κ2) is 5.16. The van der Waals surface area contributed by atoms with E-state index in [-0.39, 0.29) is 0 Å². The molecule has 2 unspecified atom stereocenters. The minimum Gasteiger partial charge on any atom is -0.363 e. The summed E-state index contributed by atoms with van der Waals surface area (Å²) in [4.78, 5) is 2.46. The minimum absolute atomic E-state index is 0.328. The second-order valence-corrected chi connectivity index (χ2v) is 6.69. The molecule has 3 rings (SSSR count). The van der Waals surface area contributed by atoms with Gasteiger partial charge in [0, 0.05) is 18.1 Å². The molecular formula is C15H20Cl2N2. The maximum atomic E-state index is 6.52. The molecule has 4 heteroatoms. The lowest BCUT2D eigenvalue weighted by molar-refractivity contribution is 0.271. The van der Waals surface area contributed by atoms with Gasteiger partial charge >= 0.3 is 0 Å². The Hall–Kier alpha value is -0.440. The molecule has 2 nitrogen and oxygen atoms in total. The van der Waals surface area contributed by atoms with E-state index in [1.165, 1.54) is 19.3 Å². The number of rotatable bonds is 1. The molecule has 2 atom stereocenters. The Morgan fingerprint density at radius 3 is 2.42 bits per heavy atom. The van der Waals surface area contributed by atoms with Crippen LogP contribution in [0.25, 0.3) is 0 Å². The maximum Gasteiger partial charge on any atom is 0.0752 e. The van der Waals surface area contributed by atoms with Crippen LogP contribution in [0.1, 0.15) is 37.7 Å². The van der Waals surface area contributed by atoms with E-state index in [9.17, 15) is 0 Å². The van der Waals surface area contributed by atoms with Gasteiger partial charge in [0.1, 0.15) is 0 Å². The van der Waals surface area contributed by atoms with Crippen LogP contribution in [0.4, 0.5) is 5.69 Å². The number of nitrogens with two attached hydrogens (primary N) is 1. The van der Waals surface area contributed by atoms with Crippen molar-refractivity contribution in [1.82, 2.24) is 0 Å². The zero-order valence-corrected chi connectivity index (χ0v) is 12.7. The normalized spacial score (nSPS) is 30.5. The first-order valence-corrected chi connectivity index (χ1v) is 7.82. The number of fused-ring (bicyclic) bond motifs is 2. The van der Waals surface area contributed by atoms with Gasteiger partial charge in [0.15, 0.2) is 0 Å². The highest BCUT2D eigenvalue weighted by atomic mass is 35.5. The molecule has 1 aromatic carbocycles. The Bertz CT molecular complexity index is 475. The Morgan fingerprint density at radius 2 is 1.79 bits per heavy atom. The zero-order valence-electron chi connectivity index (χ0n) is 11.2. The molecule has 0 saturated carbocycles. The number of nitrogens with zero attached hydrogens (tertiary/aromatic N) is 1. The highest BCUT2D eigenvalue weighted by Crippen LogP contribution is 2.44. The second-order valence-electron chi connectivity index (χ2n) is 5.90. The van der Waals surface area contributed by atoms with Crippen molar-refractivity contribution in [3.05, 3.63) is 27.7 Å². The molecule has 0 aliphatic carbocycles. The average Bonchev–Trinajstić information content (AvgIpc) is 2.35. The fourth-order valence-corrected chi connectivity index (χ4v) is 4.23. The lowest BCUT2D eigenvalue weighted by Crippen LogP contribution is -2.55. The van der Waals surface area contributed by atoms with Crippen molar-refractivity contribution in [1.29, 1.82) is 0 Å². The van der Waals surface area contributed by atoms with E-state index in [0.29, 0.717) is 18.1 Å². The van der Waals surface area contributed by atoms with Gasteiger partial charge in [-0.05, 0) is 50.7 Å². The average molecular weight is 299 g/mol. The van der Waals surface area contributed by atoms with Gasteiger partial charge in [-0.3, -0.25) is 0 Å². The summed E-state index contributed by atoms with van der Waals surface area (Å²) in [7, 11) is 0. The first-order chi connectivity index (χ1) is 9.08. The topological polar surface area (TPSA) is 29.3 Å². The van der Waals surface area contributed by atoms with Gasteiger partial charge in [-0.1, -0.05) is 29.3 Å². The number of hydrogen-bond acceptors (Lipinski definition) is 2. The Labute approximate surface area is 124 Å². The molecule has 1 aromatic rings. The molecule has 2 heterocycles. The van der Waals surface area contributed by atoms with Crippen molar-refractivity contribution in [2.45, 2.75) is 57.2 Å². The van der Waals surface area contributed by atoms with Crippen LogP contribution in [-0.4, -0.2) is 18.1 Å². The van der Waals surface area contributed by atoms with Gasteiger partial charge in [0.2, 0.25) is 0 Å². The van der Waals surface area contributed by atoms with Crippen LogP contribution in [0.15, 0.2) is 12.1 Å². The predicted molar refractivity (Wildman–Crippen MR) is 82.3 cm³/mol. The summed E-state index contributed by atoms with van der Waals surface area (Å²) in [5.74, 6) is 0. The molecule has 0 radical (unpaired) electrons. The van der Waals surface area contributed by atoms with Crippen molar-refractivity contribution >= 4 is 28.9 Å². The summed E-state index contributed by atoms with van der Waals surface area (Å²) in [5, 5.41) is 1.57. The van der Waals surface area contributed by atoms with Crippen molar-refractivity contribution in [3.63, 3.8) is 0 Å². The Balaban J connectivity index is 2.04. The molecule has 2 aliphatic rings. The van der Waals surface area contributed by atoms with Crippen LogP contribution in [-0.2, 0) is 0 Å². The van der Waals surface area contributed by atoms with Crippen LogP contribution in [0, 0.1) is 6.92 Å². The fraction of sp³-hybridized carbons (Fsp3) is 0.600. The highest BCUT2D eigenvalue weighted by Gasteiger charge is 2.38. The molecule has 2 N–H and O–H groups in total. The molecule has 2 bridgehead atoms. The summed E-state index contributed by atoms with van der Waals surface area (Å²) >= 11 is 12.9. The lowest BCUT2D eigenvalue weighted by atomic mass is 9.81. The number of anilines is 1. The third kappa shape index (κ3) is 2.35. The van der Waals surface area contributed by atoms with E-state index in [1.807, 2.05) is 19.1 Å². The highest BCUT2D eigenvalue weighted by molar-refractivity contribution is 6.39. The summed E-state index contributed by atoms with van der Waals surface area (Å²) in [6.07, 6.45) is 5.80. The van der Waals surface area contributed by atoms with Gasteiger partial charge in [0.05, 0.1) is 15.7 Å². The maximum absolute atomic E-state index is 6.52. The van der Waals surface area contributed by atoms with E-state index in [4.69, 9.17) is 28.9 Å². The van der Waals surface area contributed by atoms with Gasteiger partial charge in [-0.25, -0.2) is 0 Å². The zero-order chi connectivity index (χ0) is 13.6. The molecule has 19 heavy (non-hydrogen) atoms. The van der Waals surface area contributed by atoms with Crippen LogP contribution in [0.3, 0.4) is 0 Å². The van der Waals surface area contributed by atoms with Crippen LogP contribution >= 0.6 is 23.2 Å².